The fourth-order valence-electron chi connectivity index (χ4n) is 2.64. The predicted octanol–water partition coefficient (Wildman–Crippen LogP) is 2.64. The van der Waals surface area contributed by atoms with E-state index < -0.39 is 0 Å². The molecule has 1 unspecified atom stereocenters. The van der Waals surface area contributed by atoms with Gasteiger partial charge in [-0.2, -0.15) is 0 Å². The minimum atomic E-state index is 0.752. The first kappa shape index (κ1) is 13.0. The topological polar surface area (TPSA) is 15.3 Å². The Balaban J connectivity index is 2.43. The molecule has 0 aromatic rings. The first-order valence-electron chi connectivity index (χ1n) is 6.79. The summed E-state index contributed by atoms with van der Waals surface area (Å²) in [6.45, 7) is 10.7. The van der Waals surface area contributed by atoms with E-state index in [4.69, 9.17) is 0 Å². The number of hydrogen-bond donors (Lipinski definition) is 1. The van der Waals surface area contributed by atoms with Crippen LogP contribution in [0.3, 0.4) is 0 Å². The maximum atomic E-state index is 3.64. The molecule has 0 spiro atoms. The zero-order valence-corrected chi connectivity index (χ0v) is 10.8. The van der Waals surface area contributed by atoms with E-state index in [-0.39, 0.29) is 0 Å². The van der Waals surface area contributed by atoms with Crippen LogP contribution in [-0.4, -0.2) is 36.6 Å². The molecule has 1 saturated heterocycles. The van der Waals surface area contributed by atoms with Crippen molar-refractivity contribution in [1.29, 1.82) is 0 Å². The minimum absolute atomic E-state index is 0.752. The zero-order valence-electron chi connectivity index (χ0n) is 10.8. The average Bonchev–Trinajstić information content (AvgIpc) is 2.23. The van der Waals surface area contributed by atoms with Crippen molar-refractivity contribution in [1.82, 2.24) is 10.2 Å². The molecule has 0 amide bonds. The summed E-state index contributed by atoms with van der Waals surface area (Å²) in [5.74, 6) is 0. The van der Waals surface area contributed by atoms with E-state index in [9.17, 15) is 0 Å². The lowest BCUT2D eigenvalue weighted by Crippen LogP contribution is -2.43. The van der Waals surface area contributed by atoms with Gasteiger partial charge < -0.3 is 10.2 Å². The summed E-state index contributed by atoms with van der Waals surface area (Å²) in [7, 11) is 0. The molecule has 1 N–H and O–H groups in total. The highest BCUT2D eigenvalue weighted by Gasteiger charge is 2.18. The van der Waals surface area contributed by atoms with Gasteiger partial charge in [0, 0.05) is 12.1 Å². The third kappa shape index (κ3) is 4.12. The molecule has 1 heterocycles. The highest BCUT2D eigenvalue weighted by atomic mass is 15.2. The van der Waals surface area contributed by atoms with Crippen LogP contribution in [0, 0.1) is 0 Å². The van der Waals surface area contributed by atoms with Gasteiger partial charge in [-0.15, -0.1) is 0 Å². The van der Waals surface area contributed by atoms with Gasteiger partial charge in [-0.25, -0.2) is 0 Å². The lowest BCUT2D eigenvalue weighted by molar-refractivity contribution is 0.162. The number of nitrogens with zero attached hydrogens (tertiary/aromatic N) is 1. The maximum Gasteiger partial charge on any atom is 0.00900 e. The Morgan fingerprint density at radius 1 is 1.20 bits per heavy atom. The van der Waals surface area contributed by atoms with Gasteiger partial charge in [0.05, 0.1) is 0 Å². The van der Waals surface area contributed by atoms with Crippen LogP contribution in [-0.2, 0) is 0 Å². The van der Waals surface area contributed by atoms with E-state index in [1.54, 1.807) is 0 Å². The second-order valence-electron chi connectivity index (χ2n) is 4.71. The number of nitrogens with one attached hydrogen (secondary N) is 1. The van der Waals surface area contributed by atoms with Gasteiger partial charge in [-0.3, -0.25) is 0 Å². The summed E-state index contributed by atoms with van der Waals surface area (Å²) < 4.78 is 0. The van der Waals surface area contributed by atoms with E-state index >= 15 is 0 Å². The fraction of sp³-hybridized carbons (Fsp3) is 1.00. The molecule has 1 fully saturated rings. The monoisotopic (exact) mass is 212 g/mol. The van der Waals surface area contributed by atoms with Gasteiger partial charge >= 0.3 is 0 Å². The highest BCUT2D eigenvalue weighted by Crippen LogP contribution is 2.13. The van der Waals surface area contributed by atoms with Crippen LogP contribution < -0.4 is 5.32 Å². The molecule has 0 radical (unpaired) electrons. The summed E-state index contributed by atoms with van der Waals surface area (Å²) >= 11 is 0. The second kappa shape index (κ2) is 7.24. The molecule has 1 aliphatic heterocycles. The van der Waals surface area contributed by atoms with Crippen molar-refractivity contribution in [3.05, 3.63) is 0 Å². The van der Waals surface area contributed by atoms with Crippen molar-refractivity contribution >= 4 is 0 Å². The zero-order chi connectivity index (χ0) is 11.1. The van der Waals surface area contributed by atoms with Crippen molar-refractivity contribution in [2.45, 2.75) is 65.0 Å². The molecule has 2 heteroatoms. The molecular formula is C13H28N2. The highest BCUT2D eigenvalue weighted by molar-refractivity contribution is 4.76. The molecule has 1 atom stereocenters. The van der Waals surface area contributed by atoms with Crippen LogP contribution in [0.15, 0.2) is 0 Å². The normalized spacial score (nSPS) is 25.2. The van der Waals surface area contributed by atoms with E-state index in [2.05, 4.69) is 31.0 Å². The minimum Gasteiger partial charge on any atom is -0.314 e. The van der Waals surface area contributed by atoms with Crippen LogP contribution in [0.1, 0.15) is 52.9 Å². The summed E-state index contributed by atoms with van der Waals surface area (Å²) in [6.07, 6.45) is 6.53. The fourth-order valence-corrected chi connectivity index (χ4v) is 2.64. The van der Waals surface area contributed by atoms with Crippen LogP contribution >= 0.6 is 0 Å². The smallest absolute Gasteiger partial charge is 0.00900 e. The lowest BCUT2D eigenvalue weighted by Gasteiger charge is -2.34. The van der Waals surface area contributed by atoms with Crippen molar-refractivity contribution < 1.29 is 0 Å². The SMILES string of the molecule is CCC1CCN(C(CC)CC)CCCN1. The largest absolute Gasteiger partial charge is 0.314 e. The molecule has 1 aliphatic rings. The maximum absolute atomic E-state index is 3.64. The first-order valence-corrected chi connectivity index (χ1v) is 6.79. The van der Waals surface area contributed by atoms with E-state index in [1.165, 1.54) is 51.7 Å². The molecule has 1 rings (SSSR count). The van der Waals surface area contributed by atoms with Crippen LogP contribution in [0.2, 0.25) is 0 Å². The summed E-state index contributed by atoms with van der Waals surface area (Å²) in [5, 5.41) is 3.64. The number of hydrogen-bond acceptors (Lipinski definition) is 2. The van der Waals surface area contributed by atoms with Gasteiger partial charge in [-0.1, -0.05) is 20.8 Å². The molecule has 0 saturated carbocycles. The first-order chi connectivity index (χ1) is 7.31. The van der Waals surface area contributed by atoms with E-state index in [0.717, 1.165) is 12.1 Å². The van der Waals surface area contributed by atoms with Gasteiger partial charge in [0.25, 0.3) is 0 Å². The number of rotatable bonds is 4. The Bertz CT molecular complexity index is 155. The Hall–Kier alpha value is -0.0800. The second-order valence-corrected chi connectivity index (χ2v) is 4.71. The average molecular weight is 212 g/mol. The third-order valence-corrected chi connectivity index (χ3v) is 3.77. The Labute approximate surface area is 95.4 Å². The molecule has 0 aromatic heterocycles. The molecule has 0 aromatic carbocycles. The van der Waals surface area contributed by atoms with E-state index in [0.29, 0.717) is 0 Å². The Kier molecular flexibility index (Phi) is 6.26. The molecule has 2 nitrogen and oxygen atoms in total. The summed E-state index contributed by atoms with van der Waals surface area (Å²) in [4.78, 5) is 2.71. The van der Waals surface area contributed by atoms with Crippen LogP contribution in [0.5, 0.6) is 0 Å². The molecule has 0 bridgehead atoms. The molecule has 0 aliphatic carbocycles. The van der Waals surface area contributed by atoms with Gasteiger partial charge in [0.1, 0.15) is 0 Å². The summed E-state index contributed by atoms with van der Waals surface area (Å²) in [6, 6.07) is 1.57. The third-order valence-electron chi connectivity index (χ3n) is 3.77. The van der Waals surface area contributed by atoms with E-state index in [1.807, 2.05) is 0 Å². The standard InChI is InChI=1S/C13H28N2/c1-4-12-8-11-15(10-7-9-14-12)13(5-2)6-3/h12-14H,4-11H2,1-3H3. The molecule has 15 heavy (non-hydrogen) atoms. The Morgan fingerprint density at radius 2 is 1.93 bits per heavy atom. The predicted molar refractivity (Wildman–Crippen MR) is 67.3 cm³/mol. The quantitative estimate of drug-likeness (QED) is 0.770. The summed E-state index contributed by atoms with van der Waals surface area (Å²) in [5.41, 5.74) is 0. The van der Waals surface area contributed by atoms with Gasteiger partial charge in [0.2, 0.25) is 0 Å². The molecular weight excluding hydrogens is 184 g/mol. The van der Waals surface area contributed by atoms with Crippen molar-refractivity contribution in [2.24, 2.45) is 0 Å². The van der Waals surface area contributed by atoms with Crippen molar-refractivity contribution in [3.63, 3.8) is 0 Å². The van der Waals surface area contributed by atoms with Crippen molar-refractivity contribution in [2.75, 3.05) is 19.6 Å². The lowest BCUT2D eigenvalue weighted by atomic mass is 10.1. The van der Waals surface area contributed by atoms with Gasteiger partial charge in [-0.05, 0) is 51.7 Å². The molecule has 90 valence electrons. The van der Waals surface area contributed by atoms with Gasteiger partial charge in [0.15, 0.2) is 0 Å². The van der Waals surface area contributed by atoms with Crippen LogP contribution in [0.4, 0.5) is 0 Å². The Morgan fingerprint density at radius 3 is 2.53 bits per heavy atom. The van der Waals surface area contributed by atoms with Crippen molar-refractivity contribution in [3.8, 4) is 0 Å². The van der Waals surface area contributed by atoms with Crippen LogP contribution in [0.25, 0.3) is 0 Å².